The Labute approximate surface area is 136 Å². The fourth-order valence-electron chi connectivity index (χ4n) is 3.27. The molecule has 2 aromatic rings. The maximum Gasteiger partial charge on any atom is 0.230 e. The highest BCUT2D eigenvalue weighted by Crippen LogP contribution is 2.33. The molecular formula is C20H21NO2. The number of carbonyl (C=O) groups excluding carboxylic acids is 1. The summed E-state index contributed by atoms with van der Waals surface area (Å²) in [5, 5.41) is 0. The standard InChI is InChI=1S/C20H21NO2/c22-20(17-12-16-8-4-5-9-19(16)23-14-17)21(18-10-11-18)13-15-6-2-1-3-7-15/h1-9,17-18H,10-14H2. The Morgan fingerprint density at radius 1 is 1.04 bits per heavy atom. The highest BCUT2D eigenvalue weighted by molar-refractivity contribution is 5.80. The Hall–Kier alpha value is -2.29. The first-order valence-electron chi connectivity index (χ1n) is 8.36. The van der Waals surface area contributed by atoms with Crippen LogP contribution in [0, 0.1) is 5.92 Å². The summed E-state index contributed by atoms with van der Waals surface area (Å²) in [6.07, 6.45) is 3.04. The molecule has 0 bridgehead atoms. The Morgan fingerprint density at radius 2 is 1.78 bits per heavy atom. The number of fused-ring (bicyclic) bond motifs is 1. The third-order valence-electron chi connectivity index (χ3n) is 4.69. The second-order valence-corrected chi connectivity index (χ2v) is 6.50. The van der Waals surface area contributed by atoms with Crippen LogP contribution in [0.4, 0.5) is 0 Å². The number of hydrogen-bond acceptors (Lipinski definition) is 2. The van der Waals surface area contributed by atoms with Crippen LogP contribution >= 0.6 is 0 Å². The predicted molar refractivity (Wildman–Crippen MR) is 89.1 cm³/mol. The first-order chi connectivity index (χ1) is 11.3. The molecule has 0 spiro atoms. The Kier molecular flexibility index (Phi) is 3.78. The van der Waals surface area contributed by atoms with Crippen molar-refractivity contribution >= 4 is 5.91 Å². The molecule has 0 saturated heterocycles. The minimum absolute atomic E-state index is 0.0609. The molecule has 1 saturated carbocycles. The van der Waals surface area contributed by atoms with Crippen LogP contribution in [0.5, 0.6) is 5.75 Å². The smallest absolute Gasteiger partial charge is 0.230 e. The van der Waals surface area contributed by atoms with E-state index in [0.29, 0.717) is 19.2 Å². The summed E-state index contributed by atoms with van der Waals surface area (Å²) < 4.78 is 5.81. The van der Waals surface area contributed by atoms with Gasteiger partial charge in [-0.05, 0) is 36.5 Å². The zero-order valence-electron chi connectivity index (χ0n) is 13.2. The lowest BCUT2D eigenvalue weighted by molar-refractivity contribution is -0.138. The summed E-state index contributed by atoms with van der Waals surface area (Å²) in [4.78, 5) is 15.1. The van der Waals surface area contributed by atoms with Crippen molar-refractivity contribution < 1.29 is 9.53 Å². The van der Waals surface area contributed by atoms with Gasteiger partial charge in [-0.25, -0.2) is 0 Å². The molecule has 0 aromatic heterocycles. The van der Waals surface area contributed by atoms with Gasteiger partial charge in [0, 0.05) is 12.6 Å². The highest BCUT2D eigenvalue weighted by atomic mass is 16.5. The van der Waals surface area contributed by atoms with Crippen molar-refractivity contribution in [3.63, 3.8) is 0 Å². The first kappa shape index (κ1) is 14.3. The number of amides is 1. The van der Waals surface area contributed by atoms with Crippen molar-refractivity contribution in [1.29, 1.82) is 0 Å². The van der Waals surface area contributed by atoms with Gasteiger partial charge in [0.15, 0.2) is 0 Å². The van der Waals surface area contributed by atoms with Crippen LogP contribution in [0.2, 0.25) is 0 Å². The maximum atomic E-state index is 13.0. The van der Waals surface area contributed by atoms with Crippen molar-refractivity contribution in [2.75, 3.05) is 6.61 Å². The molecular weight excluding hydrogens is 286 g/mol. The molecule has 118 valence electrons. The number of nitrogens with zero attached hydrogens (tertiary/aromatic N) is 1. The van der Waals surface area contributed by atoms with Gasteiger partial charge in [0.1, 0.15) is 12.4 Å². The summed E-state index contributed by atoms with van der Waals surface area (Å²) in [6.45, 7) is 1.20. The van der Waals surface area contributed by atoms with Crippen molar-refractivity contribution in [2.24, 2.45) is 5.92 Å². The minimum atomic E-state index is -0.0609. The largest absolute Gasteiger partial charge is 0.492 e. The summed E-state index contributed by atoms with van der Waals surface area (Å²) in [6, 6.07) is 18.7. The van der Waals surface area contributed by atoms with E-state index in [9.17, 15) is 4.79 Å². The van der Waals surface area contributed by atoms with Gasteiger partial charge >= 0.3 is 0 Å². The molecule has 0 N–H and O–H groups in total. The monoisotopic (exact) mass is 307 g/mol. The number of carbonyl (C=O) groups is 1. The maximum absolute atomic E-state index is 13.0. The van der Waals surface area contributed by atoms with E-state index in [1.807, 2.05) is 36.4 Å². The Bertz CT molecular complexity index is 694. The van der Waals surface area contributed by atoms with Crippen molar-refractivity contribution in [2.45, 2.75) is 31.8 Å². The van der Waals surface area contributed by atoms with Crippen LogP contribution in [0.3, 0.4) is 0 Å². The van der Waals surface area contributed by atoms with E-state index >= 15 is 0 Å². The number of rotatable bonds is 4. The summed E-state index contributed by atoms with van der Waals surface area (Å²) >= 11 is 0. The first-order valence-corrected chi connectivity index (χ1v) is 8.36. The van der Waals surface area contributed by atoms with Gasteiger partial charge in [-0.2, -0.15) is 0 Å². The van der Waals surface area contributed by atoms with Gasteiger partial charge in [0.05, 0.1) is 5.92 Å². The lowest BCUT2D eigenvalue weighted by atomic mass is 9.95. The molecule has 1 unspecified atom stereocenters. The summed E-state index contributed by atoms with van der Waals surface area (Å²) in [5.74, 6) is 1.11. The molecule has 23 heavy (non-hydrogen) atoms. The van der Waals surface area contributed by atoms with E-state index in [0.717, 1.165) is 30.6 Å². The summed E-state index contributed by atoms with van der Waals surface area (Å²) in [7, 11) is 0. The van der Waals surface area contributed by atoms with Crippen LogP contribution in [-0.4, -0.2) is 23.5 Å². The molecule has 1 fully saturated rings. The molecule has 3 heteroatoms. The van der Waals surface area contributed by atoms with Crippen LogP contribution in [0.25, 0.3) is 0 Å². The average Bonchev–Trinajstić information content (AvgIpc) is 3.44. The third kappa shape index (κ3) is 3.09. The minimum Gasteiger partial charge on any atom is -0.492 e. The van der Waals surface area contributed by atoms with E-state index in [1.165, 1.54) is 5.56 Å². The second kappa shape index (κ2) is 6.07. The third-order valence-corrected chi connectivity index (χ3v) is 4.69. The van der Waals surface area contributed by atoms with E-state index < -0.39 is 0 Å². The topological polar surface area (TPSA) is 29.5 Å². The molecule has 1 aliphatic carbocycles. The number of ether oxygens (including phenoxy) is 1. The van der Waals surface area contributed by atoms with Gasteiger partial charge in [-0.1, -0.05) is 48.5 Å². The van der Waals surface area contributed by atoms with Crippen LogP contribution < -0.4 is 4.74 Å². The van der Waals surface area contributed by atoms with Crippen molar-refractivity contribution in [3.05, 3.63) is 65.7 Å². The Balaban J connectivity index is 1.50. The predicted octanol–water partition coefficient (Wildman–Crippen LogP) is 3.43. The lowest BCUT2D eigenvalue weighted by Gasteiger charge is -2.30. The number of hydrogen-bond donors (Lipinski definition) is 0. The van der Waals surface area contributed by atoms with E-state index in [-0.39, 0.29) is 11.8 Å². The quantitative estimate of drug-likeness (QED) is 0.866. The molecule has 1 aliphatic heterocycles. The Morgan fingerprint density at radius 3 is 2.57 bits per heavy atom. The second-order valence-electron chi connectivity index (χ2n) is 6.50. The molecule has 1 atom stereocenters. The van der Waals surface area contributed by atoms with Gasteiger partial charge in [-0.3, -0.25) is 4.79 Å². The lowest BCUT2D eigenvalue weighted by Crippen LogP contribution is -2.41. The zero-order chi connectivity index (χ0) is 15.6. The van der Waals surface area contributed by atoms with Gasteiger partial charge in [-0.15, -0.1) is 0 Å². The van der Waals surface area contributed by atoms with E-state index in [4.69, 9.17) is 4.74 Å². The van der Waals surface area contributed by atoms with Crippen LogP contribution in [-0.2, 0) is 17.8 Å². The fourth-order valence-corrected chi connectivity index (χ4v) is 3.27. The molecule has 3 nitrogen and oxygen atoms in total. The molecule has 4 rings (SSSR count). The summed E-state index contributed by atoms with van der Waals surface area (Å²) in [5.41, 5.74) is 2.34. The van der Waals surface area contributed by atoms with Crippen LogP contribution in [0.1, 0.15) is 24.0 Å². The molecule has 2 aromatic carbocycles. The molecule has 0 radical (unpaired) electrons. The van der Waals surface area contributed by atoms with E-state index in [1.54, 1.807) is 0 Å². The van der Waals surface area contributed by atoms with Crippen molar-refractivity contribution in [1.82, 2.24) is 4.90 Å². The zero-order valence-corrected chi connectivity index (χ0v) is 13.2. The molecule has 1 amide bonds. The number of para-hydroxylation sites is 1. The van der Waals surface area contributed by atoms with Gasteiger partial charge < -0.3 is 9.64 Å². The van der Waals surface area contributed by atoms with E-state index in [2.05, 4.69) is 23.1 Å². The normalized spacial score (nSPS) is 19.6. The van der Waals surface area contributed by atoms with Gasteiger partial charge in [0.2, 0.25) is 5.91 Å². The van der Waals surface area contributed by atoms with Gasteiger partial charge in [0.25, 0.3) is 0 Å². The molecule has 1 heterocycles. The van der Waals surface area contributed by atoms with Crippen molar-refractivity contribution in [3.8, 4) is 5.75 Å². The number of benzene rings is 2. The fraction of sp³-hybridized carbons (Fsp3) is 0.350. The average molecular weight is 307 g/mol. The van der Waals surface area contributed by atoms with Crippen LogP contribution in [0.15, 0.2) is 54.6 Å². The highest BCUT2D eigenvalue weighted by Gasteiger charge is 2.37. The molecule has 2 aliphatic rings. The SMILES string of the molecule is O=C(C1COc2ccccc2C1)N(Cc1ccccc1)C1CC1.